The van der Waals surface area contributed by atoms with Gasteiger partial charge in [0.15, 0.2) is 0 Å². The van der Waals surface area contributed by atoms with Crippen LogP contribution in [0.5, 0.6) is 0 Å². The van der Waals surface area contributed by atoms with Crippen LogP contribution in [0.15, 0.2) is 46.9 Å². The second-order valence-corrected chi connectivity index (χ2v) is 6.37. The van der Waals surface area contributed by atoms with Gasteiger partial charge in [-0.3, -0.25) is 4.79 Å². The maximum absolute atomic E-state index is 12.4. The lowest BCUT2D eigenvalue weighted by Crippen LogP contribution is -2.16. The lowest BCUT2D eigenvalue weighted by molar-refractivity contribution is -0.115. The third-order valence-electron chi connectivity index (χ3n) is 3.81. The summed E-state index contributed by atoms with van der Waals surface area (Å²) in [5, 5.41) is 12.9. The molecule has 1 amide bonds. The van der Waals surface area contributed by atoms with E-state index in [9.17, 15) is 14.7 Å². The van der Waals surface area contributed by atoms with E-state index in [1.54, 1.807) is 12.1 Å². The van der Waals surface area contributed by atoms with Gasteiger partial charge in [0.05, 0.1) is 6.42 Å². The third kappa shape index (κ3) is 3.19. The number of nitrogens with one attached hydrogen (secondary N) is 2. The summed E-state index contributed by atoms with van der Waals surface area (Å²) in [5.74, 6) is -1.34. The Morgan fingerprint density at radius 3 is 2.67 bits per heavy atom. The number of rotatable bonds is 4. The molecule has 3 N–H and O–H groups in total. The highest BCUT2D eigenvalue weighted by Crippen LogP contribution is 2.24. The number of H-pyrrole nitrogens is 1. The van der Waals surface area contributed by atoms with E-state index in [0.29, 0.717) is 16.8 Å². The van der Waals surface area contributed by atoms with E-state index >= 15 is 0 Å². The molecule has 0 aliphatic carbocycles. The Kier molecular flexibility index (Phi) is 4.40. The minimum atomic E-state index is -1.08. The number of carboxylic acid groups (broad SMARTS) is 1. The number of anilines is 1. The Balaban J connectivity index is 1.88. The molecule has 0 aliphatic heterocycles. The molecule has 0 spiro atoms. The van der Waals surface area contributed by atoms with Gasteiger partial charge in [-0.25, -0.2) is 4.79 Å². The van der Waals surface area contributed by atoms with Crippen LogP contribution in [-0.2, 0) is 11.2 Å². The summed E-state index contributed by atoms with van der Waals surface area (Å²) in [7, 11) is 0. The van der Waals surface area contributed by atoms with Gasteiger partial charge in [0.1, 0.15) is 5.69 Å². The highest BCUT2D eigenvalue weighted by atomic mass is 79.9. The number of aromatic carboxylic acids is 1. The van der Waals surface area contributed by atoms with Gasteiger partial charge in [0, 0.05) is 26.6 Å². The zero-order valence-corrected chi connectivity index (χ0v) is 14.5. The monoisotopic (exact) mass is 386 g/mol. The molecule has 0 fully saturated rings. The summed E-state index contributed by atoms with van der Waals surface area (Å²) in [4.78, 5) is 26.7. The quantitative estimate of drug-likeness (QED) is 0.630. The van der Waals surface area contributed by atoms with Crippen LogP contribution in [-0.4, -0.2) is 22.0 Å². The minimum Gasteiger partial charge on any atom is -0.477 e. The average Bonchev–Trinajstić information content (AvgIpc) is 2.90. The molecule has 0 bridgehead atoms. The number of benzene rings is 2. The average molecular weight is 387 g/mol. The van der Waals surface area contributed by atoms with E-state index < -0.39 is 5.97 Å². The van der Waals surface area contributed by atoms with Crippen molar-refractivity contribution >= 4 is 44.4 Å². The number of para-hydroxylation sites is 1. The Morgan fingerprint density at radius 2 is 1.96 bits per heavy atom. The van der Waals surface area contributed by atoms with E-state index in [1.165, 1.54) is 0 Å². The summed E-state index contributed by atoms with van der Waals surface area (Å²) in [6.07, 6.45) is -0.0131. The van der Waals surface area contributed by atoms with Crippen LogP contribution in [0.3, 0.4) is 0 Å². The predicted octanol–water partition coefficient (Wildman–Crippen LogP) is 4.12. The van der Waals surface area contributed by atoms with Gasteiger partial charge in [0.2, 0.25) is 5.91 Å². The Bertz CT molecular complexity index is 947. The Hall–Kier alpha value is -2.60. The summed E-state index contributed by atoms with van der Waals surface area (Å²) in [5.41, 5.74) is 2.93. The van der Waals surface area contributed by atoms with E-state index in [-0.39, 0.29) is 18.0 Å². The van der Waals surface area contributed by atoms with Crippen LogP contribution in [0.25, 0.3) is 10.9 Å². The summed E-state index contributed by atoms with van der Waals surface area (Å²) < 4.78 is 0.963. The first-order valence-corrected chi connectivity index (χ1v) is 8.14. The van der Waals surface area contributed by atoms with Crippen molar-refractivity contribution < 1.29 is 14.7 Å². The second kappa shape index (κ2) is 6.49. The van der Waals surface area contributed by atoms with E-state index in [2.05, 4.69) is 26.2 Å². The lowest BCUT2D eigenvalue weighted by atomic mass is 10.1. The normalized spacial score (nSPS) is 10.8. The predicted molar refractivity (Wildman–Crippen MR) is 96.5 cm³/mol. The minimum absolute atomic E-state index is 0.0131. The topological polar surface area (TPSA) is 82.2 Å². The van der Waals surface area contributed by atoms with E-state index in [4.69, 9.17) is 0 Å². The number of carbonyl (C=O) groups excluding carboxylic acids is 1. The number of carboxylic acids is 1. The van der Waals surface area contributed by atoms with Crippen LogP contribution in [0.1, 0.15) is 21.6 Å². The molecule has 24 heavy (non-hydrogen) atoms. The van der Waals surface area contributed by atoms with Crippen LogP contribution in [0, 0.1) is 6.92 Å². The van der Waals surface area contributed by atoms with Crippen molar-refractivity contribution in [2.24, 2.45) is 0 Å². The molecule has 0 saturated heterocycles. The number of hydrogen-bond donors (Lipinski definition) is 3. The smallest absolute Gasteiger partial charge is 0.352 e. The Labute approximate surface area is 146 Å². The van der Waals surface area contributed by atoms with Gasteiger partial charge in [-0.05, 0) is 36.8 Å². The zero-order chi connectivity index (χ0) is 17.3. The number of aromatic amines is 1. The van der Waals surface area contributed by atoms with Gasteiger partial charge in [-0.2, -0.15) is 0 Å². The van der Waals surface area contributed by atoms with Crippen molar-refractivity contribution in [3.05, 3.63) is 63.8 Å². The number of hydrogen-bond acceptors (Lipinski definition) is 2. The second-order valence-electron chi connectivity index (χ2n) is 5.52. The van der Waals surface area contributed by atoms with Gasteiger partial charge in [0.25, 0.3) is 0 Å². The molecule has 1 heterocycles. The van der Waals surface area contributed by atoms with Crippen molar-refractivity contribution in [1.82, 2.24) is 4.98 Å². The largest absolute Gasteiger partial charge is 0.477 e. The zero-order valence-electron chi connectivity index (χ0n) is 12.9. The molecule has 3 rings (SSSR count). The molecular weight excluding hydrogens is 372 g/mol. The number of fused-ring (bicyclic) bond motifs is 1. The van der Waals surface area contributed by atoms with Crippen molar-refractivity contribution in [3.8, 4) is 0 Å². The van der Waals surface area contributed by atoms with Gasteiger partial charge in [-0.15, -0.1) is 0 Å². The maximum atomic E-state index is 12.4. The molecule has 122 valence electrons. The first kappa shape index (κ1) is 16.3. The van der Waals surface area contributed by atoms with Crippen molar-refractivity contribution in [3.63, 3.8) is 0 Å². The summed E-state index contributed by atoms with van der Waals surface area (Å²) in [6.45, 7) is 1.93. The fourth-order valence-electron chi connectivity index (χ4n) is 2.65. The van der Waals surface area contributed by atoms with Crippen molar-refractivity contribution in [1.29, 1.82) is 0 Å². The fraction of sp³-hybridized carbons (Fsp3) is 0.111. The van der Waals surface area contributed by atoms with E-state index in [1.807, 2.05) is 37.3 Å². The molecule has 0 aliphatic rings. The number of amides is 1. The maximum Gasteiger partial charge on any atom is 0.352 e. The summed E-state index contributed by atoms with van der Waals surface area (Å²) in [6, 6.07) is 12.8. The molecular formula is C18H15BrN2O3. The number of aromatic nitrogens is 1. The van der Waals surface area contributed by atoms with Gasteiger partial charge in [-0.1, -0.05) is 34.1 Å². The fourth-order valence-corrected chi connectivity index (χ4v) is 2.90. The molecule has 3 aromatic rings. The van der Waals surface area contributed by atoms with Crippen molar-refractivity contribution in [2.75, 3.05) is 5.32 Å². The Morgan fingerprint density at radius 1 is 1.21 bits per heavy atom. The van der Waals surface area contributed by atoms with Crippen LogP contribution in [0.2, 0.25) is 0 Å². The third-order valence-corrected chi connectivity index (χ3v) is 4.70. The first-order valence-electron chi connectivity index (χ1n) is 7.34. The highest BCUT2D eigenvalue weighted by Gasteiger charge is 2.19. The molecule has 0 radical (unpaired) electrons. The molecule has 0 atom stereocenters. The van der Waals surface area contributed by atoms with Crippen LogP contribution in [0.4, 0.5) is 5.69 Å². The van der Waals surface area contributed by atoms with Crippen LogP contribution >= 0.6 is 15.9 Å². The van der Waals surface area contributed by atoms with Gasteiger partial charge < -0.3 is 15.4 Å². The molecule has 1 aromatic heterocycles. The lowest BCUT2D eigenvalue weighted by Gasteiger charge is -2.07. The number of aryl methyl sites for hydroxylation is 1. The SMILES string of the molecule is Cc1cc(NC(=O)Cc2c(C(=O)O)[nH]c3ccccc23)ccc1Br. The van der Waals surface area contributed by atoms with Crippen LogP contribution < -0.4 is 5.32 Å². The van der Waals surface area contributed by atoms with Crippen molar-refractivity contribution in [2.45, 2.75) is 13.3 Å². The number of halogens is 1. The molecule has 0 saturated carbocycles. The number of carbonyl (C=O) groups is 2. The molecule has 2 aromatic carbocycles. The first-order chi connectivity index (χ1) is 11.5. The molecule has 5 nitrogen and oxygen atoms in total. The summed E-state index contributed by atoms with van der Waals surface area (Å²) >= 11 is 3.41. The highest BCUT2D eigenvalue weighted by molar-refractivity contribution is 9.10. The molecule has 6 heteroatoms. The van der Waals surface area contributed by atoms with E-state index in [0.717, 1.165) is 15.4 Å². The standard InChI is InChI=1S/C18H15BrN2O3/c1-10-8-11(6-7-14(10)19)20-16(22)9-13-12-4-2-3-5-15(12)21-17(13)18(23)24/h2-8,21H,9H2,1H3,(H,20,22)(H,23,24). The molecule has 0 unspecified atom stereocenters. The van der Waals surface area contributed by atoms with Gasteiger partial charge >= 0.3 is 5.97 Å².